The Morgan fingerprint density at radius 1 is 1.04 bits per heavy atom. The molecule has 0 fully saturated rings. The maximum Gasteiger partial charge on any atom is 0.308 e. The molecule has 23 heavy (non-hydrogen) atoms. The third-order valence-corrected chi connectivity index (χ3v) is 4.66. The predicted molar refractivity (Wildman–Crippen MR) is 79.3 cm³/mol. The lowest BCUT2D eigenvalue weighted by molar-refractivity contribution is -0.131. The molecule has 0 amide bonds. The number of fused-ring (bicyclic) bond motifs is 1. The molecule has 0 heterocycles. The van der Waals surface area contributed by atoms with Crippen LogP contribution in [0.1, 0.15) is 6.92 Å². The van der Waals surface area contributed by atoms with Gasteiger partial charge in [0.15, 0.2) is 0 Å². The van der Waals surface area contributed by atoms with Gasteiger partial charge < -0.3 is 10.5 Å². The topological polar surface area (TPSA) is 161 Å². The number of nitrogen functional groups attached to an aromatic ring is 1. The van der Waals surface area contributed by atoms with Crippen LogP contribution in [0.2, 0.25) is 0 Å². The molecular weight excluding hydrogens is 350 g/mol. The van der Waals surface area contributed by atoms with Crippen LogP contribution in [0.15, 0.2) is 34.1 Å². The molecule has 0 saturated heterocycles. The molecule has 4 N–H and O–H groups in total. The van der Waals surface area contributed by atoms with Crippen molar-refractivity contribution < 1.29 is 35.5 Å². The molecule has 2 aromatic carbocycles. The van der Waals surface area contributed by atoms with E-state index < -0.39 is 36.0 Å². The average molecular weight is 361 g/mol. The molecule has 0 bridgehead atoms. The first-order chi connectivity index (χ1) is 10.4. The molecule has 0 aliphatic carbocycles. The Morgan fingerprint density at radius 3 is 2.13 bits per heavy atom. The summed E-state index contributed by atoms with van der Waals surface area (Å²) in [6.07, 6.45) is 0. The molecule has 2 aromatic rings. The van der Waals surface area contributed by atoms with Gasteiger partial charge in [-0.3, -0.25) is 13.9 Å². The lowest BCUT2D eigenvalue weighted by Crippen LogP contribution is -2.08. The van der Waals surface area contributed by atoms with Gasteiger partial charge in [0.1, 0.15) is 10.6 Å². The summed E-state index contributed by atoms with van der Waals surface area (Å²) < 4.78 is 69.0. The van der Waals surface area contributed by atoms with Gasteiger partial charge in [0.2, 0.25) is 0 Å². The van der Waals surface area contributed by atoms with E-state index in [9.17, 15) is 26.2 Å². The largest absolute Gasteiger partial charge is 0.426 e. The van der Waals surface area contributed by atoms with Crippen LogP contribution in [0.3, 0.4) is 0 Å². The van der Waals surface area contributed by atoms with Crippen LogP contribution < -0.4 is 10.5 Å². The van der Waals surface area contributed by atoms with Crippen molar-refractivity contribution in [1.82, 2.24) is 0 Å². The van der Waals surface area contributed by atoms with Crippen LogP contribution in [-0.2, 0) is 25.0 Å². The van der Waals surface area contributed by atoms with E-state index >= 15 is 0 Å². The average Bonchev–Trinajstić information content (AvgIpc) is 2.34. The highest BCUT2D eigenvalue weighted by Crippen LogP contribution is 2.36. The molecule has 0 unspecified atom stereocenters. The van der Waals surface area contributed by atoms with E-state index in [0.717, 1.165) is 25.1 Å². The monoisotopic (exact) mass is 361 g/mol. The number of anilines is 1. The molecule has 0 aliphatic rings. The summed E-state index contributed by atoms with van der Waals surface area (Å²) >= 11 is 0. The van der Waals surface area contributed by atoms with E-state index in [1.807, 2.05) is 0 Å². The van der Waals surface area contributed by atoms with Gasteiger partial charge in [0, 0.05) is 23.8 Å². The van der Waals surface area contributed by atoms with Gasteiger partial charge >= 0.3 is 5.97 Å². The third-order valence-electron chi connectivity index (χ3n) is 2.86. The summed E-state index contributed by atoms with van der Waals surface area (Å²) in [4.78, 5) is 9.66. The van der Waals surface area contributed by atoms with E-state index in [-0.39, 0.29) is 22.2 Å². The minimum Gasteiger partial charge on any atom is -0.426 e. The number of hydrogen-bond acceptors (Lipinski definition) is 7. The zero-order valence-corrected chi connectivity index (χ0v) is 13.2. The number of nitrogens with two attached hydrogens (primary N) is 1. The third kappa shape index (κ3) is 3.42. The van der Waals surface area contributed by atoms with Gasteiger partial charge in [0.05, 0.1) is 10.6 Å². The number of esters is 1. The first-order valence-electron chi connectivity index (χ1n) is 5.91. The molecule has 11 heteroatoms. The lowest BCUT2D eigenvalue weighted by atomic mass is 10.1. The highest BCUT2D eigenvalue weighted by Gasteiger charge is 2.23. The molecule has 0 aromatic heterocycles. The molecular formula is C12H11NO8S2. The summed E-state index contributed by atoms with van der Waals surface area (Å²) in [5, 5.41) is -0.312. The number of rotatable bonds is 3. The normalized spacial score (nSPS) is 12.3. The van der Waals surface area contributed by atoms with Crippen molar-refractivity contribution in [3.8, 4) is 5.75 Å². The SMILES string of the molecule is CC(=O)Oc1cc(S(=O)(=O)O)cc2c(S(=O)(=O)O)c(N)ccc12. The molecule has 124 valence electrons. The Bertz CT molecular complexity index is 1020. The Kier molecular flexibility index (Phi) is 4.07. The Morgan fingerprint density at radius 2 is 1.65 bits per heavy atom. The second-order valence-corrected chi connectivity index (χ2v) is 7.32. The van der Waals surface area contributed by atoms with Crippen LogP contribution in [0.25, 0.3) is 10.8 Å². The predicted octanol–water partition coefficient (Wildman–Crippen LogP) is 0.841. The maximum absolute atomic E-state index is 11.5. The van der Waals surface area contributed by atoms with Gasteiger partial charge in [-0.25, -0.2) is 0 Å². The highest BCUT2D eigenvalue weighted by molar-refractivity contribution is 7.86. The van der Waals surface area contributed by atoms with Crippen LogP contribution >= 0.6 is 0 Å². The Hall–Kier alpha value is -2.21. The fraction of sp³-hybridized carbons (Fsp3) is 0.0833. The summed E-state index contributed by atoms with van der Waals surface area (Å²) in [6.45, 7) is 1.05. The number of ether oxygens (including phenoxy) is 1. The standard InChI is InChI=1S/C12H11NO8S2/c1-6(14)21-11-5-7(22(15,16)17)4-9-8(11)2-3-10(13)12(9)23(18,19)20/h2-5H,13H2,1H3,(H,15,16,17)(H,18,19,20). The van der Waals surface area contributed by atoms with Crippen LogP contribution in [0.4, 0.5) is 5.69 Å². The van der Waals surface area contributed by atoms with Crippen molar-refractivity contribution in [2.45, 2.75) is 16.7 Å². The maximum atomic E-state index is 11.5. The molecule has 0 radical (unpaired) electrons. The Labute approximate surface area is 131 Å². The van der Waals surface area contributed by atoms with Crippen molar-refractivity contribution in [3.63, 3.8) is 0 Å². The number of hydrogen-bond donors (Lipinski definition) is 3. The van der Waals surface area contributed by atoms with E-state index in [2.05, 4.69) is 0 Å². The fourth-order valence-electron chi connectivity index (χ4n) is 2.04. The number of carbonyl (C=O) groups is 1. The summed E-state index contributed by atoms with van der Waals surface area (Å²) in [6, 6.07) is 4.08. The fourth-order valence-corrected chi connectivity index (χ4v) is 3.38. The van der Waals surface area contributed by atoms with E-state index in [1.54, 1.807) is 0 Å². The summed E-state index contributed by atoms with van der Waals surface area (Å²) in [5.74, 6) is -1.11. The lowest BCUT2D eigenvalue weighted by Gasteiger charge is -2.12. The van der Waals surface area contributed by atoms with Crippen molar-refractivity contribution in [2.75, 3.05) is 5.73 Å². The van der Waals surface area contributed by atoms with Gasteiger partial charge in [-0.1, -0.05) is 0 Å². The van der Waals surface area contributed by atoms with Gasteiger partial charge in [-0.05, 0) is 18.2 Å². The van der Waals surface area contributed by atoms with Crippen LogP contribution in [0, 0.1) is 0 Å². The zero-order valence-electron chi connectivity index (χ0n) is 11.5. The summed E-state index contributed by atoms with van der Waals surface area (Å²) in [7, 11) is -9.55. The number of carbonyl (C=O) groups excluding carboxylic acids is 1. The summed E-state index contributed by atoms with van der Waals surface area (Å²) in [5.41, 5.74) is 5.18. The molecule has 2 rings (SSSR count). The minimum atomic E-state index is -4.81. The van der Waals surface area contributed by atoms with Crippen molar-refractivity contribution >= 4 is 42.7 Å². The second-order valence-electron chi connectivity index (χ2n) is 4.54. The second kappa shape index (κ2) is 5.45. The first kappa shape index (κ1) is 17.1. The highest BCUT2D eigenvalue weighted by atomic mass is 32.2. The molecule has 0 saturated carbocycles. The van der Waals surface area contributed by atoms with E-state index in [4.69, 9.17) is 15.0 Å². The van der Waals surface area contributed by atoms with E-state index in [1.165, 1.54) is 6.07 Å². The van der Waals surface area contributed by atoms with Crippen LogP contribution in [0.5, 0.6) is 5.75 Å². The minimum absolute atomic E-state index is 0.00873. The van der Waals surface area contributed by atoms with Crippen molar-refractivity contribution in [2.24, 2.45) is 0 Å². The van der Waals surface area contributed by atoms with Gasteiger partial charge in [-0.2, -0.15) is 16.8 Å². The first-order valence-corrected chi connectivity index (χ1v) is 8.79. The Balaban J connectivity index is 3.05. The molecule has 0 spiro atoms. The quantitative estimate of drug-likeness (QED) is 0.311. The van der Waals surface area contributed by atoms with Gasteiger partial charge in [0.25, 0.3) is 20.2 Å². The van der Waals surface area contributed by atoms with Crippen LogP contribution in [-0.4, -0.2) is 31.9 Å². The zero-order chi connectivity index (χ0) is 17.6. The number of benzene rings is 2. The van der Waals surface area contributed by atoms with Crippen molar-refractivity contribution in [3.05, 3.63) is 24.3 Å². The van der Waals surface area contributed by atoms with Crippen molar-refractivity contribution in [1.29, 1.82) is 0 Å². The molecule has 0 atom stereocenters. The molecule has 9 nitrogen and oxygen atoms in total. The smallest absolute Gasteiger partial charge is 0.308 e. The molecule has 0 aliphatic heterocycles. The van der Waals surface area contributed by atoms with E-state index in [0.29, 0.717) is 0 Å². The van der Waals surface area contributed by atoms with Gasteiger partial charge in [-0.15, -0.1) is 0 Å².